The molecule has 1 aromatic heterocycles. The van der Waals surface area contributed by atoms with Gasteiger partial charge in [-0.3, -0.25) is 4.79 Å². The minimum atomic E-state index is -0.435. The van der Waals surface area contributed by atoms with Crippen LogP contribution in [-0.2, 0) is 6.54 Å². The van der Waals surface area contributed by atoms with Gasteiger partial charge in [-0.2, -0.15) is 10.2 Å². The van der Waals surface area contributed by atoms with E-state index in [1.54, 1.807) is 0 Å². The highest BCUT2D eigenvalue weighted by Gasteiger charge is 2.22. The maximum Gasteiger partial charge on any atom is 0.260 e. The minimum absolute atomic E-state index is 0.0519. The Bertz CT molecular complexity index is 848. The number of hydrogen-bond donors (Lipinski definition) is 2. The minimum Gasteiger partial charge on any atom is -0.477 e. The fourth-order valence-electron chi connectivity index (χ4n) is 3.12. The summed E-state index contributed by atoms with van der Waals surface area (Å²) in [5.41, 5.74) is 1.01. The van der Waals surface area contributed by atoms with Crippen LogP contribution in [-0.4, -0.2) is 35.6 Å². The Balaban J connectivity index is 1.69. The molecule has 28 heavy (non-hydrogen) atoms. The molecule has 0 bridgehead atoms. The lowest BCUT2D eigenvalue weighted by atomic mass is 9.95. The second-order valence-corrected chi connectivity index (χ2v) is 6.99. The van der Waals surface area contributed by atoms with Gasteiger partial charge < -0.3 is 15.4 Å². The van der Waals surface area contributed by atoms with Crippen molar-refractivity contribution in [1.82, 2.24) is 20.6 Å². The summed E-state index contributed by atoms with van der Waals surface area (Å²) in [6.45, 7) is 2.76. The molecule has 7 nitrogen and oxygen atoms in total. The average molecular weight is 400 g/mol. The van der Waals surface area contributed by atoms with Crippen molar-refractivity contribution in [2.75, 3.05) is 19.7 Å². The fraction of sp³-hybridized carbons (Fsp3) is 0.400. The van der Waals surface area contributed by atoms with Gasteiger partial charge in [-0.05, 0) is 43.8 Å². The van der Waals surface area contributed by atoms with E-state index in [0.29, 0.717) is 19.1 Å². The van der Waals surface area contributed by atoms with E-state index >= 15 is 0 Å². The largest absolute Gasteiger partial charge is 0.477 e. The van der Waals surface area contributed by atoms with Gasteiger partial charge in [0.25, 0.3) is 5.91 Å². The van der Waals surface area contributed by atoms with Crippen LogP contribution in [0, 0.1) is 17.2 Å². The van der Waals surface area contributed by atoms with E-state index in [4.69, 9.17) is 21.6 Å². The smallest absolute Gasteiger partial charge is 0.260 e. The first-order valence-electron chi connectivity index (χ1n) is 9.30. The standard InChI is InChI=1S/C20H22ClN5O2/c21-18-17(19(27)24-13-15-4-2-1-3-5-15)20(26-16(12-22)25-18)28-11-8-14-6-9-23-10-7-14/h1-5,14,23H,6-11,13H2,(H,24,27). The summed E-state index contributed by atoms with van der Waals surface area (Å²) >= 11 is 6.17. The summed E-state index contributed by atoms with van der Waals surface area (Å²) in [6.07, 6.45) is 3.06. The molecule has 3 rings (SSSR count). The molecule has 1 aliphatic heterocycles. The molecular formula is C20H22ClN5O2. The topological polar surface area (TPSA) is 99.9 Å². The van der Waals surface area contributed by atoms with E-state index in [1.807, 2.05) is 36.4 Å². The highest BCUT2D eigenvalue weighted by Crippen LogP contribution is 2.24. The number of carbonyl (C=O) groups excluding carboxylic acids is 1. The summed E-state index contributed by atoms with van der Waals surface area (Å²) in [5, 5.41) is 15.1. The highest BCUT2D eigenvalue weighted by atomic mass is 35.5. The third kappa shape index (κ3) is 5.41. The van der Waals surface area contributed by atoms with Crippen molar-refractivity contribution in [3.63, 3.8) is 0 Å². The number of carbonyl (C=O) groups is 1. The third-order valence-electron chi connectivity index (χ3n) is 4.68. The first kappa shape index (κ1) is 20.1. The number of halogens is 1. The maximum absolute atomic E-state index is 12.7. The molecule has 1 fully saturated rings. The van der Waals surface area contributed by atoms with Crippen LogP contribution in [0.4, 0.5) is 0 Å². The van der Waals surface area contributed by atoms with Gasteiger partial charge in [0.15, 0.2) is 5.15 Å². The summed E-state index contributed by atoms with van der Waals surface area (Å²) in [5.74, 6) is 0.0667. The van der Waals surface area contributed by atoms with Crippen LogP contribution in [0.25, 0.3) is 0 Å². The predicted molar refractivity (Wildman–Crippen MR) is 105 cm³/mol. The summed E-state index contributed by atoms with van der Waals surface area (Å²) in [6, 6.07) is 11.4. The Morgan fingerprint density at radius 3 is 2.75 bits per heavy atom. The summed E-state index contributed by atoms with van der Waals surface area (Å²) in [7, 11) is 0. The van der Waals surface area contributed by atoms with E-state index in [0.717, 1.165) is 37.9 Å². The Morgan fingerprint density at radius 2 is 2.04 bits per heavy atom. The van der Waals surface area contributed by atoms with Crippen molar-refractivity contribution in [3.8, 4) is 11.9 Å². The van der Waals surface area contributed by atoms with Gasteiger partial charge in [0.1, 0.15) is 11.6 Å². The molecular weight excluding hydrogens is 378 g/mol. The molecule has 2 heterocycles. The summed E-state index contributed by atoms with van der Waals surface area (Å²) < 4.78 is 5.77. The van der Waals surface area contributed by atoms with Gasteiger partial charge in [0.2, 0.25) is 11.7 Å². The molecule has 1 saturated heterocycles. The summed E-state index contributed by atoms with van der Waals surface area (Å²) in [4.78, 5) is 20.6. The molecule has 2 aromatic rings. The van der Waals surface area contributed by atoms with Crippen LogP contribution in [0.5, 0.6) is 5.88 Å². The van der Waals surface area contributed by atoms with Crippen molar-refractivity contribution in [2.24, 2.45) is 5.92 Å². The zero-order valence-electron chi connectivity index (χ0n) is 15.4. The number of rotatable bonds is 7. The van der Waals surface area contributed by atoms with E-state index in [-0.39, 0.29) is 22.4 Å². The SMILES string of the molecule is N#Cc1nc(Cl)c(C(=O)NCc2ccccc2)c(OCCC2CCNCC2)n1. The lowest BCUT2D eigenvalue weighted by molar-refractivity contribution is 0.0945. The van der Waals surface area contributed by atoms with Crippen LogP contribution in [0.15, 0.2) is 30.3 Å². The molecule has 0 aliphatic carbocycles. The maximum atomic E-state index is 12.7. The Kier molecular flexibility index (Phi) is 7.18. The van der Waals surface area contributed by atoms with Gasteiger partial charge in [-0.25, -0.2) is 4.98 Å². The highest BCUT2D eigenvalue weighted by molar-refractivity contribution is 6.33. The average Bonchev–Trinajstić information content (AvgIpc) is 2.73. The number of nitriles is 1. The van der Waals surface area contributed by atoms with Crippen LogP contribution >= 0.6 is 11.6 Å². The van der Waals surface area contributed by atoms with Gasteiger partial charge in [0, 0.05) is 6.54 Å². The Labute approximate surface area is 169 Å². The van der Waals surface area contributed by atoms with Gasteiger partial charge >= 0.3 is 0 Å². The second kappa shape index (κ2) is 10.0. The van der Waals surface area contributed by atoms with Crippen LogP contribution in [0.3, 0.4) is 0 Å². The lowest BCUT2D eigenvalue weighted by Crippen LogP contribution is -2.28. The number of hydrogen-bond acceptors (Lipinski definition) is 6. The number of nitrogens with zero attached hydrogens (tertiary/aromatic N) is 3. The molecule has 8 heteroatoms. The second-order valence-electron chi connectivity index (χ2n) is 6.63. The zero-order valence-corrected chi connectivity index (χ0v) is 16.2. The molecule has 146 valence electrons. The Morgan fingerprint density at radius 1 is 1.29 bits per heavy atom. The molecule has 0 atom stereocenters. The molecule has 0 radical (unpaired) electrons. The normalized spacial score (nSPS) is 14.3. The first-order chi connectivity index (χ1) is 13.7. The van der Waals surface area contributed by atoms with Crippen molar-refractivity contribution >= 4 is 17.5 Å². The first-order valence-corrected chi connectivity index (χ1v) is 9.68. The number of ether oxygens (including phenoxy) is 1. The van der Waals surface area contributed by atoms with Gasteiger partial charge in [-0.1, -0.05) is 41.9 Å². The molecule has 1 aliphatic rings. The molecule has 1 aromatic carbocycles. The van der Waals surface area contributed by atoms with Crippen molar-refractivity contribution in [3.05, 3.63) is 52.4 Å². The number of amides is 1. The van der Waals surface area contributed by atoms with Gasteiger partial charge in [-0.15, -0.1) is 0 Å². The van der Waals surface area contributed by atoms with Crippen molar-refractivity contribution in [2.45, 2.75) is 25.8 Å². The van der Waals surface area contributed by atoms with E-state index in [2.05, 4.69) is 20.6 Å². The molecule has 0 saturated carbocycles. The quantitative estimate of drug-likeness (QED) is 0.694. The van der Waals surface area contributed by atoms with E-state index in [9.17, 15) is 4.79 Å². The van der Waals surface area contributed by atoms with Crippen LogP contribution in [0.2, 0.25) is 5.15 Å². The monoisotopic (exact) mass is 399 g/mol. The lowest BCUT2D eigenvalue weighted by Gasteiger charge is -2.22. The van der Waals surface area contributed by atoms with Crippen molar-refractivity contribution in [1.29, 1.82) is 5.26 Å². The third-order valence-corrected chi connectivity index (χ3v) is 4.95. The fourth-order valence-corrected chi connectivity index (χ4v) is 3.37. The van der Waals surface area contributed by atoms with E-state index < -0.39 is 5.91 Å². The number of piperidine rings is 1. The molecule has 0 spiro atoms. The molecule has 1 amide bonds. The number of benzene rings is 1. The van der Waals surface area contributed by atoms with Gasteiger partial charge in [0.05, 0.1) is 6.61 Å². The van der Waals surface area contributed by atoms with E-state index in [1.165, 1.54) is 0 Å². The number of nitrogens with one attached hydrogen (secondary N) is 2. The number of aromatic nitrogens is 2. The molecule has 0 unspecified atom stereocenters. The Hall–Kier alpha value is -2.69. The van der Waals surface area contributed by atoms with Crippen molar-refractivity contribution < 1.29 is 9.53 Å². The zero-order chi connectivity index (χ0) is 19.8. The van der Waals surface area contributed by atoms with Crippen LogP contribution in [0.1, 0.15) is 41.0 Å². The predicted octanol–water partition coefficient (Wildman–Crippen LogP) is 2.70. The van der Waals surface area contributed by atoms with Crippen LogP contribution < -0.4 is 15.4 Å². The molecule has 2 N–H and O–H groups in total.